The molecule has 4 nitrogen and oxygen atoms in total. The van der Waals surface area contributed by atoms with Gasteiger partial charge in [-0.1, -0.05) is 6.92 Å². The highest BCUT2D eigenvalue weighted by Gasteiger charge is 2.31. The predicted octanol–water partition coefficient (Wildman–Crippen LogP) is 1.99. The molecule has 100 valence electrons. The first-order chi connectivity index (χ1) is 7.95. The molecule has 0 aromatic carbocycles. The highest BCUT2D eigenvalue weighted by molar-refractivity contribution is 5.73. The van der Waals surface area contributed by atoms with Crippen molar-refractivity contribution in [1.82, 2.24) is 4.90 Å². The van der Waals surface area contributed by atoms with Crippen LogP contribution in [0.15, 0.2) is 0 Å². The van der Waals surface area contributed by atoms with Gasteiger partial charge in [-0.3, -0.25) is 9.69 Å². The van der Waals surface area contributed by atoms with E-state index in [-0.39, 0.29) is 6.10 Å². The molecular formula is C13H25NO3. The maximum atomic E-state index is 11.1. The van der Waals surface area contributed by atoms with Gasteiger partial charge in [0.05, 0.1) is 11.5 Å². The molecule has 0 amide bonds. The molecule has 1 N–H and O–H groups in total. The summed E-state index contributed by atoms with van der Waals surface area (Å²) >= 11 is 0. The summed E-state index contributed by atoms with van der Waals surface area (Å²) < 4.78 is 5.75. The molecule has 1 aliphatic rings. The fourth-order valence-electron chi connectivity index (χ4n) is 2.20. The zero-order chi connectivity index (χ0) is 12.9. The van der Waals surface area contributed by atoms with Crippen molar-refractivity contribution in [3.63, 3.8) is 0 Å². The van der Waals surface area contributed by atoms with Gasteiger partial charge < -0.3 is 9.84 Å². The van der Waals surface area contributed by atoms with Crippen LogP contribution in [0.4, 0.5) is 0 Å². The molecule has 0 spiro atoms. The van der Waals surface area contributed by atoms with E-state index in [0.29, 0.717) is 6.54 Å². The zero-order valence-corrected chi connectivity index (χ0v) is 11.2. The Kier molecular flexibility index (Phi) is 5.40. The van der Waals surface area contributed by atoms with Gasteiger partial charge in [0, 0.05) is 19.7 Å². The second kappa shape index (κ2) is 6.36. The van der Waals surface area contributed by atoms with E-state index in [9.17, 15) is 4.79 Å². The van der Waals surface area contributed by atoms with Crippen LogP contribution in [-0.4, -0.2) is 48.3 Å². The Morgan fingerprint density at radius 2 is 2.24 bits per heavy atom. The highest BCUT2D eigenvalue weighted by atomic mass is 16.5. The third-order valence-corrected chi connectivity index (χ3v) is 3.22. The first-order valence-corrected chi connectivity index (χ1v) is 6.53. The second-order valence-electron chi connectivity index (χ2n) is 5.56. The van der Waals surface area contributed by atoms with E-state index in [1.807, 2.05) is 0 Å². The standard InChI is InChI=1S/C13H25NO3/c1-4-8-17-11-6-5-7-14(9-11)10-13(2,3)12(15)16/h11H,4-10H2,1-3H3,(H,15,16). The van der Waals surface area contributed by atoms with Crippen LogP contribution < -0.4 is 0 Å². The number of piperidine rings is 1. The van der Waals surface area contributed by atoms with Crippen LogP contribution in [0.5, 0.6) is 0 Å². The summed E-state index contributed by atoms with van der Waals surface area (Å²) in [4.78, 5) is 13.3. The predicted molar refractivity (Wildman–Crippen MR) is 67.1 cm³/mol. The molecule has 0 saturated carbocycles. The number of carboxylic acids is 1. The van der Waals surface area contributed by atoms with Crippen LogP contribution in [0.1, 0.15) is 40.0 Å². The third kappa shape index (κ3) is 4.64. The molecule has 0 radical (unpaired) electrons. The van der Waals surface area contributed by atoms with Crippen LogP contribution in [0.3, 0.4) is 0 Å². The van der Waals surface area contributed by atoms with Crippen LogP contribution in [0.25, 0.3) is 0 Å². The molecule has 1 fully saturated rings. The monoisotopic (exact) mass is 243 g/mol. The number of carboxylic acid groups (broad SMARTS) is 1. The molecule has 1 saturated heterocycles. The lowest BCUT2D eigenvalue weighted by atomic mass is 9.92. The SMILES string of the molecule is CCCOC1CCCN(CC(C)(C)C(=O)O)C1. The Bertz CT molecular complexity index is 253. The van der Waals surface area contributed by atoms with Gasteiger partial charge in [-0.25, -0.2) is 0 Å². The quantitative estimate of drug-likeness (QED) is 0.775. The number of carbonyl (C=O) groups is 1. The van der Waals surface area contributed by atoms with E-state index in [2.05, 4.69) is 11.8 Å². The van der Waals surface area contributed by atoms with Crippen LogP contribution in [0.2, 0.25) is 0 Å². The zero-order valence-electron chi connectivity index (χ0n) is 11.2. The molecule has 0 aromatic rings. The Hall–Kier alpha value is -0.610. The maximum Gasteiger partial charge on any atom is 0.310 e. The molecule has 1 heterocycles. The number of ether oxygens (including phenoxy) is 1. The van der Waals surface area contributed by atoms with Gasteiger partial charge in [-0.2, -0.15) is 0 Å². The van der Waals surface area contributed by atoms with Crippen molar-refractivity contribution in [2.75, 3.05) is 26.2 Å². The molecule has 1 aliphatic heterocycles. The number of rotatable bonds is 6. The van der Waals surface area contributed by atoms with Crippen LogP contribution in [0, 0.1) is 5.41 Å². The average Bonchev–Trinajstić information content (AvgIpc) is 2.26. The molecule has 0 aromatic heterocycles. The van der Waals surface area contributed by atoms with Gasteiger partial charge in [-0.15, -0.1) is 0 Å². The topological polar surface area (TPSA) is 49.8 Å². The summed E-state index contributed by atoms with van der Waals surface area (Å²) in [5, 5.41) is 9.12. The summed E-state index contributed by atoms with van der Waals surface area (Å²) in [5.74, 6) is -0.728. The average molecular weight is 243 g/mol. The van der Waals surface area contributed by atoms with Crippen LogP contribution >= 0.6 is 0 Å². The van der Waals surface area contributed by atoms with E-state index < -0.39 is 11.4 Å². The fraction of sp³-hybridized carbons (Fsp3) is 0.923. The number of hydrogen-bond donors (Lipinski definition) is 1. The smallest absolute Gasteiger partial charge is 0.310 e. The van der Waals surface area contributed by atoms with E-state index in [0.717, 1.165) is 39.0 Å². The van der Waals surface area contributed by atoms with Gasteiger partial charge in [0.15, 0.2) is 0 Å². The van der Waals surface area contributed by atoms with Crippen molar-refractivity contribution in [2.24, 2.45) is 5.41 Å². The van der Waals surface area contributed by atoms with Crippen molar-refractivity contribution < 1.29 is 14.6 Å². The molecule has 17 heavy (non-hydrogen) atoms. The van der Waals surface area contributed by atoms with Gasteiger partial charge >= 0.3 is 5.97 Å². The Balaban J connectivity index is 2.41. The Morgan fingerprint density at radius 1 is 1.53 bits per heavy atom. The molecule has 1 rings (SSSR count). The molecule has 0 aliphatic carbocycles. The normalized spacial score (nSPS) is 22.6. The Labute approximate surface area is 104 Å². The lowest BCUT2D eigenvalue weighted by molar-refractivity contribution is -0.148. The summed E-state index contributed by atoms with van der Waals surface area (Å²) in [6.07, 6.45) is 3.53. The lowest BCUT2D eigenvalue weighted by Gasteiger charge is -2.36. The molecule has 4 heteroatoms. The second-order valence-corrected chi connectivity index (χ2v) is 5.56. The van der Waals surface area contributed by atoms with Gasteiger partial charge in [0.1, 0.15) is 0 Å². The summed E-state index contributed by atoms with van der Waals surface area (Å²) in [6, 6.07) is 0. The summed E-state index contributed by atoms with van der Waals surface area (Å²) in [6.45, 7) is 8.94. The first-order valence-electron chi connectivity index (χ1n) is 6.53. The number of nitrogens with zero attached hydrogens (tertiary/aromatic N) is 1. The van der Waals surface area contributed by atoms with E-state index in [4.69, 9.17) is 9.84 Å². The number of hydrogen-bond acceptors (Lipinski definition) is 3. The minimum atomic E-state index is -0.728. The van der Waals surface area contributed by atoms with Crippen molar-refractivity contribution in [2.45, 2.75) is 46.1 Å². The van der Waals surface area contributed by atoms with E-state index in [1.165, 1.54) is 0 Å². The molecule has 1 unspecified atom stereocenters. The van der Waals surface area contributed by atoms with Crippen molar-refractivity contribution in [3.8, 4) is 0 Å². The summed E-state index contributed by atoms with van der Waals surface area (Å²) in [7, 11) is 0. The van der Waals surface area contributed by atoms with Gasteiger partial charge in [-0.05, 0) is 39.7 Å². The van der Waals surface area contributed by atoms with Crippen molar-refractivity contribution in [1.29, 1.82) is 0 Å². The van der Waals surface area contributed by atoms with Gasteiger partial charge in [0.25, 0.3) is 0 Å². The minimum Gasteiger partial charge on any atom is -0.481 e. The van der Waals surface area contributed by atoms with Crippen molar-refractivity contribution >= 4 is 5.97 Å². The van der Waals surface area contributed by atoms with E-state index in [1.54, 1.807) is 13.8 Å². The van der Waals surface area contributed by atoms with Crippen molar-refractivity contribution in [3.05, 3.63) is 0 Å². The Morgan fingerprint density at radius 3 is 2.82 bits per heavy atom. The number of likely N-dealkylation sites (tertiary alicyclic amines) is 1. The highest BCUT2D eigenvalue weighted by Crippen LogP contribution is 2.21. The minimum absolute atomic E-state index is 0.285. The molecular weight excluding hydrogens is 218 g/mol. The molecule has 1 atom stereocenters. The summed E-state index contributed by atoms with van der Waals surface area (Å²) in [5.41, 5.74) is -0.674. The van der Waals surface area contributed by atoms with Crippen LogP contribution in [-0.2, 0) is 9.53 Å². The fourth-order valence-corrected chi connectivity index (χ4v) is 2.20. The lowest BCUT2D eigenvalue weighted by Crippen LogP contribution is -2.46. The largest absolute Gasteiger partial charge is 0.481 e. The number of aliphatic carboxylic acids is 1. The van der Waals surface area contributed by atoms with E-state index >= 15 is 0 Å². The van der Waals surface area contributed by atoms with Gasteiger partial charge in [0.2, 0.25) is 0 Å². The first kappa shape index (κ1) is 14.5. The maximum absolute atomic E-state index is 11.1. The third-order valence-electron chi connectivity index (χ3n) is 3.22. The molecule has 0 bridgehead atoms.